The quantitative estimate of drug-likeness (QED) is 0.787. The summed E-state index contributed by atoms with van der Waals surface area (Å²) in [6.45, 7) is 1.88. The summed E-state index contributed by atoms with van der Waals surface area (Å²) in [5.41, 5.74) is 0.800. The van der Waals surface area contributed by atoms with E-state index in [0.29, 0.717) is 19.5 Å². The molecule has 1 aromatic rings. The molecule has 0 aliphatic carbocycles. The van der Waals surface area contributed by atoms with E-state index in [-0.39, 0.29) is 11.8 Å². The molecule has 1 aliphatic rings. The number of nitrogens with zero attached hydrogens (tertiary/aromatic N) is 2. The van der Waals surface area contributed by atoms with Gasteiger partial charge in [-0.25, -0.2) is 0 Å². The first-order chi connectivity index (χ1) is 10.5. The third kappa shape index (κ3) is 3.76. The smallest absolute Gasteiger partial charge is 0.239 e. The molecular weight excluding hydrogens is 282 g/mol. The van der Waals surface area contributed by atoms with Crippen molar-refractivity contribution >= 4 is 17.5 Å². The van der Waals surface area contributed by atoms with Gasteiger partial charge >= 0.3 is 0 Å². The molecule has 1 aliphatic heterocycles. The molecule has 2 rings (SSSR count). The lowest BCUT2D eigenvalue weighted by Gasteiger charge is -2.17. The molecule has 6 nitrogen and oxygen atoms in total. The Morgan fingerprint density at radius 3 is 2.64 bits per heavy atom. The van der Waals surface area contributed by atoms with Crippen molar-refractivity contribution < 1.29 is 14.3 Å². The van der Waals surface area contributed by atoms with Gasteiger partial charge in [0.2, 0.25) is 11.8 Å². The van der Waals surface area contributed by atoms with Gasteiger partial charge in [-0.2, -0.15) is 0 Å². The number of carbonyl (C=O) groups excluding carboxylic acids is 2. The average molecular weight is 305 g/mol. The molecule has 1 unspecified atom stereocenters. The van der Waals surface area contributed by atoms with Gasteiger partial charge in [-0.15, -0.1) is 0 Å². The van der Waals surface area contributed by atoms with Crippen LogP contribution in [-0.2, 0) is 9.59 Å². The van der Waals surface area contributed by atoms with Crippen LogP contribution >= 0.6 is 0 Å². The van der Waals surface area contributed by atoms with Gasteiger partial charge < -0.3 is 19.9 Å². The molecule has 0 aromatic heterocycles. The van der Waals surface area contributed by atoms with Crippen molar-refractivity contribution in [2.24, 2.45) is 5.92 Å². The fourth-order valence-corrected chi connectivity index (χ4v) is 2.47. The second-order valence-corrected chi connectivity index (χ2v) is 5.62. The minimum atomic E-state index is -0.579. The first-order valence-corrected chi connectivity index (χ1v) is 7.41. The SMILES string of the molecule is COc1ccc(N2CCC(C(=O)NCCN(C)C)C2=O)cc1. The van der Waals surface area contributed by atoms with Crippen LogP contribution in [0, 0.1) is 5.92 Å². The van der Waals surface area contributed by atoms with E-state index in [1.54, 1.807) is 12.0 Å². The summed E-state index contributed by atoms with van der Waals surface area (Å²) in [7, 11) is 5.49. The number of amides is 2. The molecule has 2 amide bonds. The van der Waals surface area contributed by atoms with Crippen molar-refractivity contribution in [2.75, 3.05) is 45.7 Å². The van der Waals surface area contributed by atoms with Gasteiger partial charge in [0.15, 0.2) is 0 Å². The lowest BCUT2D eigenvalue weighted by Crippen LogP contribution is -2.39. The van der Waals surface area contributed by atoms with E-state index in [4.69, 9.17) is 4.74 Å². The van der Waals surface area contributed by atoms with E-state index in [2.05, 4.69) is 5.32 Å². The van der Waals surface area contributed by atoms with Crippen molar-refractivity contribution in [3.05, 3.63) is 24.3 Å². The van der Waals surface area contributed by atoms with Gasteiger partial charge in [0.25, 0.3) is 0 Å². The highest BCUT2D eigenvalue weighted by Crippen LogP contribution is 2.26. The third-order valence-electron chi connectivity index (χ3n) is 3.76. The average Bonchev–Trinajstić information content (AvgIpc) is 2.88. The Morgan fingerprint density at radius 2 is 2.05 bits per heavy atom. The number of benzene rings is 1. The highest BCUT2D eigenvalue weighted by Gasteiger charge is 2.37. The zero-order chi connectivity index (χ0) is 16.1. The van der Waals surface area contributed by atoms with Crippen molar-refractivity contribution in [2.45, 2.75) is 6.42 Å². The maximum Gasteiger partial charge on any atom is 0.239 e. The summed E-state index contributed by atoms with van der Waals surface area (Å²) >= 11 is 0. The predicted molar refractivity (Wildman–Crippen MR) is 85.0 cm³/mol. The van der Waals surface area contributed by atoms with E-state index < -0.39 is 5.92 Å². The molecule has 22 heavy (non-hydrogen) atoms. The molecule has 0 saturated carbocycles. The third-order valence-corrected chi connectivity index (χ3v) is 3.76. The number of ether oxygens (including phenoxy) is 1. The van der Waals surface area contributed by atoms with Crippen LogP contribution in [0.2, 0.25) is 0 Å². The Bertz CT molecular complexity index is 528. The predicted octanol–water partition coefficient (Wildman–Crippen LogP) is 0.726. The number of hydrogen-bond acceptors (Lipinski definition) is 4. The van der Waals surface area contributed by atoms with Crippen LogP contribution in [0.15, 0.2) is 24.3 Å². The van der Waals surface area contributed by atoms with Gasteiger partial charge in [0, 0.05) is 25.3 Å². The van der Waals surface area contributed by atoms with Crippen molar-refractivity contribution in [1.82, 2.24) is 10.2 Å². The number of nitrogens with one attached hydrogen (secondary N) is 1. The zero-order valence-corrected chi connectivity index (χ0v) is 13.3. The largest absolute Gasteiger partial charge is 0.497 e. The van der Waals surface area contributed by atoms with Crippen LogP contribution in [0.1, 0.15) is 6.42 Å². The summed E-state index contributed by atoms with van der Waals surface area (Å²) < 4.78 is 5.11. The normalized spacial score (nSPS) is 17.9. The van der Waals surface area contributed by atoms with Crippen LogP contribution in [-0.4, -0.2) is 57.6 Å². The Kier molecular flexibility index (Phi) is 5.38. The minimum absolute atomic E-state index is 0.132. The molecule has 1 saturated heterocycles. The summed E-state index contributed by atoms with van der Waals surface area (Å²) in [6, 6.07) is 7.30. The van der Waals surface area contributed by atoms with Crippen LogP contribution in [0.3, 0.4) is 0 Å². The standard InChI is InChI=1S/C16H23N3O3/c1-18(2)11-9-17-15(20)14-8-10-19(16(14)21)12-4-6-13(22-3)7-5-12/h4-7,14H,8-11H2,1-3H3,(H,17,20). The van der Waals surface area contributed by atoms with E-state index in [0.717, 1.165) is 18.0 Å². The van der Waals surface area contributed by atoms with Gasteiger partial charge in [-0.1, -0.05) is 0 Å². The Labute approximate surface area is 131 Å². The summed E-state index contributed by atoms with van der Waals surface area (Å²) in [6.07, 6.45) is 0.554. The first kappa shape index (κ1) is 16.3. The van der Waals surface area contributed by atoms with Crippen LogP contribution in [0.4, 0.5) is 5.69 Å². The van der Waals surface area contributed by atoms with E-state index in [1.807, 2.05) is 43.3 Å². The first-order valence-electron chi connectivity index (χ1n) is 7.41. The van der Waals surface area contributed by atoms with Gasteiger partial charge in [-0.05, 0) is 44.8 Å². The van der Waals surface area contributed by atoms with Crippen molar-refractivity contribution in [1.29, 1.82) is 0 Å². The monoisotopic (exact) mass is 305 g/mol. The topological polar surface area (TPSA) is 61.9 Å². The van der Waals surface area contributed by atoms with Crippen molar-refractivity contribution in [3.63, 3.8) is 0 Å². The van der Waals surface area contributed by atoms with Crippen LogP contribution in [0.25, 0.3) is 0 Å². The van der Waals surface area contributed by atoms with Gasteiger partial charge in [0.05, 0.1) is 7.11 Å². The molecule has 1 atom stereocenters. The second-order valence-electron chi connectivity index (χ2n) is 5.62. The summed E-state index contributed by atoms with van der Waals surface area (Å²) in [4.78, 5) is 28.2. The zero-order valence-electron chi connectivity index (χ0n) is 13.3. The maximum absolute atomic E-state index is 12.4. The van der Waals surface area contributed by atoms with Crippen molar-refractivity contribution in [3.8, 4) is 5.75 Å². The number of methoxy groups -OCH3 is 1. The van der Waals surface area contributed by atoms with Crippen LogP contribution in [0.5, 0.6) is 5.75 Å². The molecule has 120 valence electrons. The summed E-state index contributed by atoms with van der Waals surface area (Å²) in [5.74, 6) is -0.145. The highest BCUT2D eigenvalue weighted by molar-refractivity contribution is 6.09. The minimum Gasteiger partial charge on any atom is -0.497 e. The lowest BCUT2D eigenvalue weighted by molar-refractivity contribution is -0.132. The van der Waals surface area contributed by atoms with E-state index in [9.17, 15) is 9.59 Å². The molecular formula is C16H23N3O3. The number of hydrogen-bond donors (Lipinski definition) is 1. The molecule has 1 fully saturated rings. The Morgan fingerprint density at radius 1 is 1.36 bits per heavy atom. The number of rotatable bonds is 6. The molecule has 0 spiro atoms. The van der Waals surface area contributed by atoms with Gasteiger partial charge in [-0.3, -0.25) is 9.59 Å². The van der Waals surface area contributed by atoms with E-state index >= 15 is 0 Å². The molecule has 1 N–H and O–H groups in total. The second kappa shape index (κ2) is 7.26. The Balaban J connectivity index is 1.95. The molecule has 0 radical (unpaired) electrons. The number of carbonyl (C=O) groups is 2. The Hall–Kier alpha value is -2.08. The molecule has 1 heterocycles. The molecule has 0 bridgehead atoms. The highest BCUT2D eigenvalue weighted by atomic mass is 16.5. The molecule has 1 aromatic carbocycles. The molecule has 6 heteroatoms. The number of likely N-dealkylation sites (N-methyl/N-ethyl adjacent to an activating group) is 1. The fourth-order valence-electron chi connectivity index (χ4n) is 2.47. The maximum atomic E-state index is 12.4. The number of anilines is 1. The summed E-state index contributed by atoms with van der Waals surface area (Å²) in [5, 5.41) is 2.83. The van der Waals surface area contributed by atoms with Gasteiger partial charge in [0.1, 0.15) is 11.7 Å². The van der Waals surface area contributed by atoms with Crippen LogP contribution < -0.4 is 15.0 Å². The fraction of sp³-hybridized carbons (Fsp3) is 0.500. The lowest BCUT2D eigenvalue weighted by atomic mass is 10.1. The van der Waals surface area contributed by atoms with E-state index in [1.165, 1.54) is 0 Å².